The highest BCUT2D eigenvalue weighted by atomic mass is 35.5. The largest absolute Gasteiger partial charge is 0.457 e. The molecular formula is C20H20Cl2N2O5S. The number of halogens is 2. The summed E-state index contributed by atoms with van der Waals surface area (Å²) in [6, 6.07) is 10.6. The smallest absolute Gasteiger partial charge is 0.338 e. The summed E-state index contributed by atoms with van der Waals surface area (Å²) in [6.07, 6.45) is 0. The van der Waals surface area contributed by atoms with E-state index < -0.39 is 16.0 Å². The van der Waals surface area contributed by atoms with Crippen LogP contribution in [0.1, 0.15) is 22.8 Å². The molecule has 0 unspecified atom stereocenters. The van der Waals surface area contributed by atoms with E-state index in [1.807, 2.05) is 0 Å². The van der Waals surface area contributed by atoms with Crippen LogP contribution in [0.2, 0.25) is 10.0 Å². The molecule has 0 radical (unpaired) electrons. The highest BCUT2D eigenvalue weighted by Gasteiger charge is 2.29. The standard InChI is InChI=1S/C20H20Cl2N2O5S/c1-14(25)23-7-9-24(10-8-23)30(27,28)17-4-2-3-16(12-17)20(26)29-13-15-5-6-18(21)19(22)11-15/h2-6,11-12H,7-10,13H2,1H3. The average molecular weight is 471 g/mol. The summed E-state index contributed by atoms with van der Waals surface area (Å²) in [5.41, 5.74) is 0.781. The Bertz CT molecular complexity index is 1070. The fourth-order valence-electron chi connectivity index (χ4n) is 3.04. The third-order valence-electron chi connectivity index (χ3n) is 4.75. The summed E-state index contributed by atoms with van der Waals surface area (Å²) in [4.78, 5) is 25.4. The lowest BCUT2D eigenvalue weighted by Crippen LogP contribution is -2.49. The van der Waals surface area contributed by atoms with E-state index in [0.29, 0.717) is 28.7 Å². The second-order valence-electron chi connectivity index (χ2n) is 6.76. The fraction of sp³-hybridized carbons (Fsp3) is 0.300. The lowest BCUT2D eigenvalue weighted by atomic mass is 10.2. The van der Waals surface area contributed by atoms with Gasteiger partial charge in [-0.25, -0.2) is 13.2 Å². The zero-order valence-corrected chi connectivity index (χ0v) is 18.5. The van der Waals surface area contributed by atoms with Crippen LogP contribution >= 0.6 is 23.2 Å². The van der Waals surface area contributed by atoms with Crippen LogP contribution in [0.5, 0.6) is 0 Å². The van der Waals surface area contributed by atoms with Crippen LogP contribution < -0.4 is 0 Å². The normalized spacial score (nSPS) is 15.1. The van der Waals surface area contributed by atoms with Crippen LogP contribution in [-0.2, 0) is 26.2 Å². The first-order chi connectivity index (χ1) is 14.2. The number of ether oxygens (including phenoxy) is 1. The molecule has 0 aromatic heterocycles. The minimum Gasteiger partial charge on any atom is -0.457 e. The maximum Gasteiger partial charge on any atom is 0.338 e. The highest BCUT2D eigenvalue weighted by molar-refractivity contribution is 7.89. The van der Waals surface area contributed by atoms with Gasteiger partial charge in [-0.2, -0.15) is 4.31 Å². The first-order valence-electron chi connectivity index (χ1n) is 9.15. The molecule has 1 aliphatic rings. The lowest BCUT2D eigenvalue weighted by molar-refractivity contribution is -0.129. The maximum absolute atomic E-state index is 12.9. The Morgan fingerprint density at radius 2 is 1.70 bits per heavy atom. The van der Waals surface area contributed by atoms with E-state index in [-0.39, 0.29) is 36.1 Å². The summed E-state index contributed by atoms with van der Waals surface area (Å²) >= 11 is 11.8. The Morgan fingerprint density at radius 1 is 1.00 bits per heavy atom. The minimum absolute atomic E-state index is 0.00256. The molecule has 0 N–H and O–H groups in total. The monoisotopic (exact) mass is 470 g/mol. The van der Waals surface area contributed by atoms with Crippen LogP contribution in [-0.4, -0.2) is 55.7 Å². The molecule has 7 nitrogen and oxygen atoms in total. The summed E-state index contributed by atoms with van der Waals surface area (Å²) in [6.45, 7) is 2.50. The number of amides is 1. The van der Waals surface area contributed by atoms with Crippen molar-refractivity contribution in [2.24, 2.45) is 0 Å². The number of nitrogens with zero attached hydrogens (tertiary/aromatic N) is 2. The molecule has 160 valence electrons. The first kappa shape index (κ1) is 22.6. The van der Waals surface area contributed by atoms with Gasteiger partial charge >= 0.3 is 5.97 Å². The molecule has 2 aromatic rings. The minimum atomic E-state index is -3.79. The van der Waals surface area contributed by atoms with Crippen molar-refractivity contribution in [3.05, 3.63) is 63.6 Å². The average Bonchev–Trinajstić information content (AvgIpc) is 2.74. The summed E-state index contributed by atoms with van der Waals surface area (Å²) in [7, 11) is -3.79. The Labute approximate surface area is 185 Å². The molecule has 1 aliphatic heterocycles. The molecule has 3 rings (SSSR count). The Morgan fingerprint density at radius 3 is 2.33 bits per heavy atom. The number of sulfonamides is 1. The van der Waals surface area contributed by atoms with Crippen molar-refractivity contribution < 1.29 is 22.7 Å². The van der Waals surface area contributed by atoms with Crippen molar-refractivity contribution in [2.75, 3.05) is 26.2 Å². The van der Waals surface area contributed by atoms with Gasteiger partial charge in [0.05, 0.1) is 20.5 Å². The second kappa shape index (κ2) is 9.34. The molecule has 30 heavy (non-hydrogen) atoms. The molecule has 1 heterocycles. The number of benzene rings is 2. The predicted molar refractivity (Wildman–Crippen MR) is 113 cm³/mol. The number of hydrogen-bond acceptors (Lipinski definition) is 5. The molecular weight excluding hydrogens is 451 g/mol. The Hall–Kier alpha value is -2.13. The van der Waals surface area contributed by atoms with E-state index in [9.17, 15) is 18.0 Å². The van der Waals surface area contributed by atoms with Crippen LogP contribution in [0.4, 0.5) is 0 Å². The van der Waals surface area contributed by atoms with Crippen LogP contribution in [0.25, 0.3) is 0 Å². The molecule has 2 aromatic carbocycles. The quantitative estimate of drug-likeness (QED) is 0.626. The van der Waals surface area contributed by atoms with Gasteiger partial charge in [0, 0.05) is 33.1 Å². The highest BCUT2D eigenvalue weighted by Crippen LogP contribution is 2.23. The Kier molecular flexibility index (Phi) is 7.02. The Balaban J connectivity index is 1.69. The molecule has 1 amide bonds. The van der Waals surface area contributed by atoms with E-state index in [4.69, 9.17) is 27.9 Å². The van der Waals surface area contributed by atoms with Crippen molar-refractivity contribution >= 4 is 45.1 Å². The van der Waals surface area contributed by atoms with Crippen molar-refractivity contribution in [3.8, 4) is 0 Å². The zero-order chi connectivity index (χ0) is 21.9. The summed E-state index contributed by atoms with van der Waals surface area (Å²) < 4.78 is 32.4. The van der Waals surface area contributed by atoms with Crippen molar-refractivity contribution in [3.63, 3.8) is 0 Å². The number of piperazine rings is 1. The molecule has 0 spiro atoms. The topological polar surface area (TPSA) is 84.0 Å². The maximum atomic E-state index is 12.9. The number of rotatable bonds is 5. The molecule has 0 saturated carbocycles. The van der Waals surface area contributed by atoms with E-state index >= 15 is 0 Å². The van der Waals surface area contributed by atoms with Gasteiger partial charge < -0.3 is 9.64 Å². The van der Waals surface area contributed by atoms with Crippen molar-refractivity contribution in [1.82, 2.24) is 9.21 Å². The van der Waals surface area contributed by atoms with Gasteiger partial charge in [-0.1, -0.05) is 35.3 Å². The van der Waals surface area contributed by atoms with E-state index in [1.165, 1.54) is 35.5 Å². The van der Waals surface area contributed by atoms with Gasteiger partial charge in [0.25, 0.3) is 0 Å². The number of carbonyl (C=O) groups is 2. The number of carbonyl (C=O) groups excluding carboxylic acids is 2. The van der Waals surface area contributed by atoms with E-state index in [1.54, 1.807) is 23.1 Å². The molecule has 1 fully saturated rings. The van der Waals surface area contributed by atoms with E-state index in [0.717, 1.165) is 0 Å². The van der Waals surface area contributed by atoms with Crippen LogP contribution in [0.3, 0.4) is 0 Å². The fourth-order valence-corrected chi connectivity index (χ4v) is 4.83. The second-order valence-corrected chi connectivity index (χ2v) is 9.51. The molecule has 10 heteroatoms. The van der Waals surface area contributed by atoms with Gasteiger partial charge in [0.2, 0.25) is 15.9 Å². The summed E-state index contributed by atoms with van der Waals surface area (Å²) in [5, 5.41) is 0.747. The van der Waals surface area contributed by atoms with Gasteiger partial charge in [-0.3, -0.25) is 4.79 Å². The lowest BCUT2D eigenvalue weighted by Gasteiger charge is -2.33. The molecule has 0 aliphatic carbocycles. The van der Waals surface area contributed by atoms with Gasteiger partial charge in [0.15, 0.2) is 0 Å². The van der Waals surface area contributed by atoms with Crippen LogP contribution in [0, 0.1) is 0 Å². The molecule has 1 saturated heterocycles. The van der Waals surface area contributed by atoms with Gasteiger partial charge in [-0.05, 0) is 35.9 Å². The third kappa shape index (κ3) is 5.13. The van der Waals surface area contributed by atoms with Crippen molar-refractivity contribution in [1.29, 1.82) is 0 Å². The number of esters is 1. The molecule has 0 bridgehead atoms. The molecule has 0 atom stereocenters. The van der Waals surface area contributed by atoms with E-state index in [2.05, 4.69) is 0 Å². The zero-order valence-electron chi connectivity index (χ0n) is 16.2. The van der Waals surface area contributed by atoms with Gasteiger partial charge in [-0.15, -0.1) is 0 Å². The SMILES string of the molecule is CC(=O)N1CCN(S(=O)(=O)c2cccc(C(=O)OCc3ccc(Cl)c(Cl)c3)c2)CC1. The number of hydrogen-bond donors (Lipinski definition) is 0. The predicted octanol–water partition coefficient (Wildman–Crippen LogP) is 3.20. The van der Waals surface area contributed by atoms with Gasteiger partial charge in [0.1, 0.15) is 6.61 Å². The summed E-state index contributed by atoms with van der Waals surface area (Å²) in [5.74, 6) is -0.738. The van der Waals surface area contributed by atoms with Crippen LogP contribution in [0.15, 0.2) is 47.4 Å². The third-order valence-corrected chi connectivity index (χ3v) is 7.38. The van der Waals surface area contributed by atoms with Crippen molar-refractivity contribution in [2.45, 2.75) is 18.4 Å². The first-order valence-corrected chi connectivity index (χ1v) is 11.3.